The van der Waals surface area contributed by atoms with Gasteiger partial charge in [-0.3, -0.25) is 4.79 Å². The smallest absolute Gasteiger partial charge is 0.270 e. The number of carbonyl (C=O) groups excluding carboxylic acids is 1. The zero-order chi connectivity index (χ0) is 16.6. The number of nitrogens with zero attached hydrogens (tertiary/aromatic N) is 2. The third-order valence-corrected chi connectivity index (χ3v) is 4.01. The number of furan rings is 1. The third-order valence-electron chi connectivity index (χ3n) is 4.01. The highest BCUT2D eigenvalue weighted by atomic mass is 16.3. The van der Waals surface area contributed by atoms with E-state index >= 15 is 0 Å². The van der Waals surface area contributed by atoms with E-state index in [2.05, 4.69) is 26.7 Å². The molecule has 0 atom stereocenters. The highest BCUT2D eigenvalue weighted by molar-refractivity contribution is 5.92. The summed E-state index contributed by atoms with van der Waals surface area (Å²) in [6.45, 7) is 1.12. The van der Waals surface area contributed by atoms with Gasteiger partial charge in [-0.1, -0.05) is 11.6 Å². The molecule has 0 unspecified atom stereocenters. The van der Waals surface area contributed by atoms with Crippen molar-refractivity contribution in [1.29, 1.82) is 0 Å². The largest absolute Gasteiger partial charge is 0.467 e. The summed E-state index contributed by atoms with van der Waals surface area (Å²) in [6.07, 6.45) is 11.5. The van der Waals surface area contributed by atoms with Crippen molar-refractivity contribution < 1.29 is 9.21 Å². The molecule has 0 aliphatic heterocycles. The highest BCUT2D eigenvalue weighted by Crippen LogP contribution is 2.19. The van der Waals surface area contributed by atoms with Crippen molar-refractivity contribution in [2.24, 2.45) is 0 Å². The van der Waals surface area contributed by atoms with Gasteiger partial charge in [0.25, 0.3) is 5.91 Å². The van der Waals surface area contributed by atoms with Gasteiger partial charge in [0.2, 0.25) is 5.95 Å². The van der Waals surface area contributed by atoms with Crippen molar-refractivity contribution in [2.45, 2.75) is 38.6 Å². The van der Waals surface area contributed by atoms with Crippen molar-refractivity contribution in [3.63, 3.8) is 0 Å². The van der Waals surface area contributed by atoms with Crippen LogP contribution in [-0.4, -0.2) is 22.4 Å². The second kappa shape index (κ2) is 8.29. The lowest BCUT2D eigenvalue weighted by molar-refractivity contribution is 0.0943. The predicted molar refractivity (Wildman–Crippen MR) is 91.6 cm³/mol. The molecule has 0 bridgehead atoms. The quantitative estimate of drug-likeness (QED) is 0.763. The van der Waals surface area contributed by atoms with Crippen LogP contribution < -0.4 is 10.6 Å². The lowest BCUT2D eigenvalue weighted by atomic mass is 9.97. The first-order valence-electron chi connectivity index (χ1n) is 8.37. The van der Waals surface area contributed by atoms with Crippen molar-refractivity contribution in [3.8, 4) is 0 Å². The standard InChI is InChI=1S/C18H22N4O2/c23-17(21-13-15-7-4-12-24-15)16-9-11-20-18(22-16)19-10-8-14-5-2-1-3-6-14/h4-5,7,9,11-12H,1-3,6,8,10,13H2,(H,21,23)(H,19,20,22). The summed E-state index contributed by atoms with van der Waals surface area (Å²) in [5.41, 5.74) is 1.84. The molecule has 2 aromatic rings. The van der Waals surface area contributed by atoms with E-state index in [9.17, 15) is 4.79 Å². The molecule has 24 heavy (non-hydrogen) atoms. The monoisotopic (exact) mass is 326 g/mol. The molecule has 126 valence electrons. The van der Waals surface area contributed by atoms with Crippen molar-refractivity contribution >= 4 is 11.9 Å². The van der Waals surface area contributed by atoms with E-state index in [-0.39, 0.29) is 5.91 Å². The minimum absolute atomic E-state index is 0.244. The second-order valence-corrected chi connectivity index (χ2v) is 5.81. The van der Waals surface area contributed by atoms with Gasteiger partial charge in [0.15, 0.2) is 0 Å². The van der Waals surface area contributed by atoms with E-state index in [1.54, 1.807) is 24.6 Å². The van der Waals surface area contributed by atoms with Crippen molar-refractivity contribution in [2.75, 3.05) is 11.9 Å². The minimum atomic E-state index is -0.244. The molecule has 0 saturated carbocycles. The summed E-state index contributed by atoms with van der Waals surface area (Å²) < 4.78 is 5.19. The van der Waals surface area contributed by atoms with E-state index < -0.39 is 0 Å². The van der Waals surface area contributed by atoms with E-state index in [0.29, 0.717) is 23.9 Å². The lowest BCUT2D eigenvalue weighted by Crippen LogP contribution is -2.24. The summed E-state index contributed by atoms with van der Waals surface area (Å²) in [4.78, 5) is 20.6. The molecular formula is C18H22N4O2. The summed E-state index contributed by atoms with van der Waals surface area (Å²) in [5, 5.41) is 5.97. The predicted octanol–water partition coefficient (Wildman–Crippen LogP) is 3.30. The minimum Gasteiger partial charge on any atom is -0.467 e. The number of hydrogen-bond acceptors (Lipinski definition) is 5. The number of hydrogen-bond donors (Lipinski definition) is 2. The number of amides is 1. The van der Waals surface area contributed by atoms with Gasteiger partial charge in [-0.2, -0.15) is 0 Å². The molecule has 0 saturated heterocycles. The van der Waals surface area contributed by atoms with Crippen LogP contribution in [0.5, 0.6) is 0 Å². The fourth-order valence-corrected chi connectivity index (χ4v) is 2.71. The summed E-state index contributed by atoms with van der Waals surface area (Å²) in [6, 6.07) is 5.20. The molecule has 1 aliphatic carbocycles. The van der Waals surface area contributed by atoms with Gasteiger partial charge in [-0.25, -0.2) is 9.97 Å². The Hall–Kier alpha value is -2.63. The Morgan fingerprint density at radius 3 is 3.04 bits per heavy atom. The Bertz CT molecular complexity index is 695. The maximum Gasteiger partial charge on any atom is 0.270 e. The molecular weight excluding hydrogens is 304 g/mol. The van der Waals surface area contributed by atoms with Crippen LogP contribution in [0, 0.1) is 0 Å². The average molecular weight is 326 g/mol. The van der Waals surface area contributed by atoms with Crippen LogP contribution in [0.15, 0.2) is 46.7 Å². The molecule has 2 aromatic heterocycles. The molecule has 0 spiro atoms. The summed E-state index contributed by atoms with van der Waals surface area (Å²) >= 11 is 0. The molecule has 6 heteroatoms. The molecule has 0 radical (unpaired) electrons. The molecule has 0 fully saturated rings. The van der Waals surface area contributed by atoms with Gasteiger partial charge in [0, 0.05) is 12.7 Å². The maximum absolute atomic E-state index is 12.1. The molecule has 2 N–H and O–H groups in total. The number of nitrogens with one attached hydrogen (secondary N) is 2. The van der Waals surface area contributed by atoms with E-state index in [1.807, 2.05) is 6.07 Å². The Balaban J connectivity index is 1.49. The van der Waals surface area contributed by atoms with Crippen LogP contribution in [0.25, 0.3) is 0 Å². The first kappa shape index (κ1) is 16.2. The number of aromatic nitrogens is 2. The van der Waals surface area contributed by atoms with Crippen LogP contribution in [0.3, 0.4) is 0 Å². The highest BCUT2D eigenvalue weighted by Gasteiger charge is 2.09. The van der Waals surface area contributed by atoms with Crippen molar-refractivity contribution in [1.82, 2.24) is 15.3 Å². The zero-order valence-electron chi connectivity index (χ0n) is 13.6. The Labute approximate surface area is 141 Å². The normalized spacial score (nSPS) is 14.1. The van der Waals surface area contributed by atoms with Gasteiger partial charge in [-0.05, 0) is 50.3 Å². The van der Waals surface area contributed by atoms with Crippen LogP contribution in [0.1, 0.15) is 48.4 Å². The maximum atomic E-state index is 12.1. The lowest BCUT2D eigenvalue weighted by Gasteiger charge is -2.13. The van der Waals surface area contributed by atoms with Gasteiger partial charge in [0.1, 0.15) is 11.5 Å². The number of carbonyl (C=O) groups is 1. The van der Waals surface area contributed by atoms with E-state index in [4.69, 9.17) is 4.42 Å². The van der Waals surface area contributed by atoms with Gasteiger partial charge in [0.05, 0.1) is 12.8 Å². The van der Waals surface area contributed by atoms with E-state index in [0.717, 1.165) is 13.0 Å². The summed E-state index contributed by atoms with van der Waals surface area (Å²) in [7, 11) is 0. The van der Waals surface area contributed by atoms with Crippen LogP contribution in [-0.2, 0) is 6.54 Å². The topological polar surface area (TPSA) is 80.0 Å². The molecule has 6 nitrogen and oxygen atoms in total. The van der Waals surface area contributed by atoms with Gasteiger partial charge in [-0.15, -0.1) is 0 Å². The molecule has 2 heterocycles. The molecule has 1 amide bonds. The fourth-order valence-electron chi connectivity index (χ4n) is 2.71. The first-order valence-corrected chi connectivity index (χ1v) is 8.37. The fraction of sp³-hybridized carbons (Fsp3) is 0.389. The zero-order valence-corrected chi connectivity index (χ0v) is 13.6. The Kier molecular flexibility index (Phi) is 5.61. The first-order chi connectivity index (χ1) is 11.8. The Morgan fingerprint density at radius 2 is 2.25 bits per heavy atom. The number of allylic oxidation sites excluding steroid dienone is 1. The number of rotatable bonds is 7. The molecule has 3 rings (SSSR count). The van der Waals surface area contributed by atoms with Crippen LogP contribution in [0.4, 0.5) is 5.95 Å². The Morgan fingerprint density at radius 1 is 1.29 bits per heavy atom. The van der Waals surface area contributed by atoms with Crippen LogP contribution >= 0.6 is 0 Å². The van der Waals surface area contributed by atoms with Crippen LogP contribution in [0.2, 0.25) is 0 Å². The van der Waals surface area contributed by atoms with Gasteiger partial charge < -0.3 is 15.1 Å². The van der Waals surface area contributed by atoms with E-state index in [1.165, 1.54) is 31.3 Å². The summed E-state index contributed by atoms with van der Waals surface area (Å²) in [5.74, 6) is 0.945. The third kappa shape index (κ3) is 4.68. The molecule has 1 aliphatic rings. The average Bonchev–Trinajstić information content (AvgIpc) is 3.14. The van der Waals surface area contributed by atoms with Gasteiger partial charge >= 0.3 is 0 Å². The van der Waals surface area contributed by atoms with Crippen molar-refractivity contribution in [3.05, 3.63) is 53.8 Å². The number of anilines is 1. The SMILES string of the molecule is O=C(NCc1ccco1)c1ccnc(NCCC2=CCCCC2)n1. The molecule has 0 aromatic carbocycles. The second-order valence-electron chi connectivity index (χ2n) is 5.81.